The fourth-order valence-corrected chi connectivity index (χ4v) is 2.90. The molecule has 25 heavy (non-hydrogen) atoms. The van der Waals surface area contributed by atoms with Crippen molar-refractivity contribution < 1.29 is 18.6 Å². The van der Waals surface area contributed by atoms with Crippen molar-refractivity contribution in [2.24, 2.45) is 5.73 Å². The van der Waals surface area contributed by atoms with Gasteiger partial charge in [-0.25, -0.2) is 0 Å². The van der Waals surface area contributed by atoms with Crippen LogP contribution in [0.3, 0.4) is 0 Å². The van der Waals surface area contributed by atoms with Crippen molar-refractivity contribution in [3.63, 3.8) is 0 Å². The van der Waals surface area contributed by atoms with Crippen LogP contribution in [0.4, 0.5) is 0 Å². The first-order chi connectivity index (χ1) is 12.0. The van der Waals surface area contributed by atoms with E-state index in [9.17, 15) is 9.59 Å². The van der Waals surface area contributed by atoms with Gasteiger partial charge in [0.25, 0.3) is 5.91 Å². The number of aryl methyl sites for hydroxylation is 1. The quantitative estimate of drug-likeness (QED) is 0.551. The number of furan rings is 1. The largest absolute Gasteiger partial charge is 0.467 e. The molecular formula is C19H20N3O3+. The first-order valence-corrected chi connectivity index (χ1v) is 7.97. The molecule has 0 atom stereocenters. The molecule has 6 nitrogen and oxygen atoms in total. The first-order valence-electron chi connectivity index (χ1n) is 7.97. The van der Waals surface area contributed by atoms with E-state index in [0.29, 0.717) is 17.7 Å². The molecule has 0 spiro atoms. The Balaban J connectivity index is 1.83. The van der Waals surface area contributed by atoms with Crippen LogP contribution in [0, 0.1) is 13.8 Å². The lowest BCUT2D eigenvalue weighted by atomic mass is 10.1. The van der Waals surface area contributed by atoms with Gasteiger partial charge in [0.2, 0.25) is 12.3 Å². The summed E-state index contributed by atoms with van der Waals surface area (Å²) >= 11 is 0. The average Bonchev–Trinajstić information content (AvgIpc) is 3.19. The second-order valence-electron chi connectivity index (χ2n) is 6.00. The average molecular weight is 338 g/mol. The van der Waals surface area contributed by atoms with Gasteiger partial charge in [-0.15, -0.1) is 0 Å². The van der Waals surface area contributed by atoms with E-state index in [4.69, 9.17) is 10.2 Å². The zero-order valence-corrected chi connectivity index (χ0v) is 14.2. The van der Waals surface area contributed by atoms with Crippen molar-refractivity contribution in [1.82, 2.24) is 4.57 Å². The molecule has 0 unspecified atom stereocenters. The van der Waals surface area contributed by atoms with Crippen molar-refractivity contribution in [3.05, 3.63) is 77.3 Å². The maximum Gasteiger partial charge on any atom is 0.254 e. The molecule has 0 aliphatic carbocycles. The van der Waals surface area contributed by atoms with E-state index in [-0.39, 0.29) is 12.3 Å². The number of nitrogens with zero attached hydrogens (tertiary/aromatic N) is 2. The van der Waals surface area contributed by atoms with Crippen LogP contribution in [0.15, 0.2) is 53.4 Å². The second kappa shape index (κ2) is 6.76. The number of nitrogens with two attached hydrogens (primary N) is 1. The number of carbonyl (C=O) groups excluding carboxylic acids is 2. The van der Waals surface area contributed by atoms with E-state index in [0.717, 1.165) is 17.1 Å². The molecule has 0 saturated carbocycles. The van der Waals surface area contributed by atoms with Gasteiger partial charge in [0.1, 0.15) is 11.3 Å². The van der Waals surface area contributed by atoms with Crippen LogP contribution in [0.25, 0.3) is 0 Å². The Kier molecular flexibility index (Phi) is 4.52. The molecule has 2 N–H and O–H groups in total. The summed E-state index contributed by atoms with van der Waals surface area (Å²) in [5.41, 5.74) is 8.22. The lowest BCUT2D eigenvalue weighted by Crippen LogP contribution is -2.38. The highest BCUT2D eigenvalue weighted by Crippen LogP contribution is 2.18. The summed E-state index contributed by atoms with van der Waals surface area (Å²) in [6, 6.07) is 8.97. The van der Waals surface area contributed by atoms with Crippen LogP contribution in [-0.2, 0) is 13.1 Å². The van der Waals surface area contributed by atoms with Gasteiger partial charge < -0.3 is 14.7 Å². The van der Waals surface area contributed by atoms with Crippen LogP contribution < -0.4 is 10.3 Å². The third-order valence-corrected chi connectivity index (χ3v) is 4.24. The van der Waals surface area contributed by atoms with Crippen LogP contribution in [0.1, 0.15) is 37.9 Å². The van der Waals surface area contributed by atoms with Crippen LogP contribution in [0.2, 0.25) is 0 Å². The third-order valence-electron chi connectivity index (χ3n) is 4.24. The van der Waals surface area contributed by atoms with Crippen LogP contribution in [0.5, 0.6) is 0 Å². The number of carbonyl (C=O) groups is 2. The molecule has 3 rings (SSSR count). The SMILES string of the molecule is Cc1cc(C(=O)C[n+]2cccc(C(N)=O)c2)c(C)n1Cc1ccco1. The predicted octanol–water partition coefficient (Wildman–Crippen LogP) is 2.02. The Morgan fingerprint density at radius 3 is 2.72 bits per heavy atom. The van der Waals surface area contributed by atoms with Crippen molar-refractivity contribution in [2.75, 3.05) is 0 Å². The van der Waals surface area contributed by atoms with E-state index in [1.807, 2.05) is 32.0 Å². The standard InChI is InChI=1S/C19H19N3O3/c1-13-9-17(14(2)22(13)11-16-6-4-8-25-16)18(23)12-21-7-3-5-15(10-21)19(20)24/h3-10H,11-12H2,1-2H3,(H-,20,24)/p+1. The fraction of sp³-hybridized carbons (Fsp3) is 0.211. The molecule has 3 heterocycles. The van der Waals surface area contributed by atoms with Gasteiger partial charge in [0.05, 0.1) is 12.8 Å². The third kappa shape index (κ3) is 3.52. The van der Waals surface area contributed by atoms with Gasteiger partial charge in [-0.1, -0.05) is 0 Å². The molecule has 6 heteroatoms. The van der Waals surface area contributed by atoms with Crippen molar-refractivity contribution in [3.8, 4) is 0 Å². The van der Waals surface area contributed by atoms with E-state index >= 15 is 0 Å². The molecule has 0 radical (unpaired) electrons. The molecule has 0 aliphatic rings. The highest BCUT2D eigenvalue weighted by atomic mass is 16.3. The summed E-state index contributed by atoms with van der Waals surface area (Å²) in [5, 5.41) is 0. The molecule has 3 aromatic heterocycles. The van der Waals surface area contributed by atoms with E-state index in [2.05, 4.69) is 4.57 Å². The molecule has 3 aromatic rings. The number of pyridine rings is 1. The normalized spacial score (nSPS) is 10.8. The highest BCUT2D eigenvalue weighted by molar-refractivity contribution is 5.96. The number of rotatable bonds is 6. The summed E-state index contributed by atoms with van der Waals surface area (Å²) in [6.07, 6.45) is 4.96. The second-order valence-corrected chi connectivity index (χ2v) is 6.00. The van der Waals surface area contributed by atoms with Gasteiger partial charge in [0.15, 0.2) is 12.4 Å². The number of hydrogen-bond donors (Lipinski definition) is 1. The fourth-order valence-electron chi connectivity index (χ4n) is 2.90. The van der Waals surface area contributed by atoms with Crippen molar-refractivity contribution in [2.45, 2.75) is 26.9 Å². The van der Waals surface area contributed by atoms with Gasteiger partial charge in [-0.3, -0.25) is 9.59 Å². The van der Waals surface area contributed by atoms with Crippen molar-refractivity contribution in [1.29, 1.82) is 0 Å². The maximum atomic E-state index is 12.7. The van der Waals surface area contributed by atoms with E-state index < -0.39 is 5.91 Å². The Morgan fingerprint density at radius 1 is 1.24 bits per heavy atom. The van der Waals surface area contributed by atoms with Gasteiger partial charge in [-0.2, -0.15) is 4.57 Å². The zero-order valence-electron chi connectivity index (χ0n) is 14.2. The molecule has 0 fully saturated rings. The zero-order chi connectivity index (χ0) is 18.0. The van der Waals surface area contributed by atoms with Crippen LogP contribution >= 0.6 is 0 Å². The summed E-state index contributed by atoms with van der Waals surface area (Å²) < 4.78 is 9.11. The summed E-state index contributed by atoms with van der Waals surface area (Å²) in [5.74, 6) is 0.299. The van der Waals surface area contributed by atoms with Crippen molar-refractivity contribution >= 4 is 11.7 Å². The maximum absolute atomic E-state index is 12.7. The monoisotopic (exact) mass is 338 g/mol. The number of ketones is 1. The van der Waals surface area contributed by atoms with Gasteiger partial charge >= 0.3 is 0 Å². The number of aromatic nitrogens is 2. The minimum absolute atomic E-state index is 0.0228. The Bertz CT molecular complexity index is 924. The Hall–Kier alpha value is -3.15. The molecule has 0 aliphatic heterocycles. The van der Waals surface area contributed by atoms with Gasteiger partial charge in [0, 0.05) is 23.0 Å². The number of amides is 1. The molecule has 0 aromatic carbocycles. The molecule has 1 amide bonds. The summed E-state index contributed by atoms with van der Waals surface area (Å²) in [6.45, 7) is 4.62. The summed E-state index contributed by atoms with van der Waals surface area (Å²) in [7, 11) is 0. The smallest absolute Gasteiger partial charge is 0.254 e. The minimum atomic E-state index is -0.515. The molecule has 128 valence electrons. The molecule has 0 bridgehead atoms. The predicted molar refractivity (Wildman–Crippen MR) is 91.2 cm³/mol. The van der Waals surface area contributed by atoms with Gasteiger partial charge in [-0.05, 0) is 38.1 Å². The minimum Gasteiger partial charge on any atom is -0.467 e. The van der Waals surface area contributed by atoms with Crippen LogP contribution in [-0.4, -0.2) is 16.3 Å². The molecule has 0 saturated heterocycles. The number of hydrogen-bond acceptors (Lipinski definition) is 3. The topological polar surface area (TPSA) is 82.1 Å². The summed E-state index contributed by atoms with van der Waals surface area (Å²) in [4.78, 5) is 24.0. The number of Topliss-reactive ketones (excluding diaryl/α,β-unsaturated/α-hetero) is 1. The van der Waals surface area contributed by atoms with E-state index in [1.54, 1.807) is 35.4 Å². The Morgan fingerprint density at radius 2 is 2.04 bits per heavy atom. The molecular weight excluding hydrogens is 318 g/mol. The lowest BCUT2D eigenvalue weighted by molar-refractivity contribution is -0.683. The number of primary amides is 1. The highest BCUT2D eigenvalue weighted by Gasteiger charge is 2.20. The van der Waals surface area contributed by atoms with E-state index in [1.165, 1.54) is 0 Å². The lowest BCUT2D eigenvalue weighted by Gasteiger charge is -2.07. The Labute approximate surface area is 145 Å². The first kappa shape index (κ1) is 16.7.